The van der Waals surface area contributed by atoms with Crippen LogP contribution in [-0.2, 0) is 16.0 Å². The molecule has 1 saturated carbocycles. The molecule has 17 nitrogen and oxygen atoms in total. The SMILES string of the molecule is O=C1CCC(N2C(=O)c3cccc(CCCCN4CCC(CN5CCN(c6ccc(Nc7ncnc8c7ncn8C7CC(NC(=O)c8cccc(F)n8)C7)cc6)CC5)CC4)c3C2=O)C(=O)N1. The third-order valence-corrected chi connectivity index (χ3v) is 14.0. The molecule has 342 valence electrons. The number of imidazole rings is 1. The Morgan fingerprint density at radius 1 is 0.818 bits per heavy atom. The van der Waals surface area contributed by atoms with E-state index in [-0.39, 0.29) is 42.4 Å². The van der Waals surface area contributed by atoms with Crippen LogP contribution in [0.5, 0.6) is 0 Å². The Labute approximate surface area is 381 Å². The Balaban J connectivity index is 0.634. The minimum absolute atomic E-state index is 0.0494. The van der Waals surface area contributed by atoms with E-state index in [9.17, 15) is 28.4 Å². The molecule has 18 heteroatoms. The summed E-state index contributed by atoms with van der Waals surface area (Å²) in [5.74, 6) is -1.63. The van der Waals surface area contributed by atoms with Crippen molar-refractivity contribution >= 4 is 57.9 Å². The number of imide groups is 2. The van der Waals surface area contributed by atoms with Gasteiger partial charge in [-0.05, 0) is 125 Å². The summed E-state index contributed by atoms with van der Waals surface area (Å²) in [7, 11) is 0. The number of piperidine rings is 2. The van der Waals surface area contributed by atoms with Crippen LogP contribution in [0.15, 0.2) is 73.3 Å². The number of hydrogen-bond acceptors (Lipinski definition) is 13. The normalized spacial score (nSPS) is 21.8. The third kappa shape index (κ3) is 8.98. The number of likely N-dealkylation sites (tertiary alicyclic amines) is 1. The predicted octanol–water partition coefficient (Wildman–Crippen LogP) is 4.50. The zero-order valence-electron chi connectivity index (χ0n) is 36.7. The van der Waals surface area contributed by atoms with Crippen LogP contribution in [0.2, 0.25) is 0 Å². The van der Waals surface area contributed by atoms with Gasteiger partial charge in [0.25, 0.3) is 17.7 Å². The van der Waals surface area contributed by atoms with Gasteiger partial charge in [-0.25, -0.2) is 19.9 Å². The minimum Gasteiger partial charge on any atom is -0.369 e. The van der Waals surface area contributed by atoms with Gasteiger partial charge in [-0.1, -0.05) is 18.2 Å². The molecule has 4 fully saturated rings. The summed E-state index contributed by atoms with van der Waals surface area (Å²) in [6, 6.07) is 17.1. The van der Waals surface area contributed by atoms with E-state index in [4.69, 9.17) is 0 Å². The number of unbranched alkanes of at least 4 members (excludes halogenated alkanes) is 1. The van der Waals surface area contributed by atoms with Crippen LogP contribution in [0.25, 0.3) is 11.2 Å². The molecule has 2 aromatic carbocycles. The molecule has 7 heterocycles. The van der Waals surface area contributed by atoms with Gasteiger partial charge in [-0.3, -0.25) is 39.1 Å². The standard InChI is InChI=1S/C48H53FN12O5/c49-39-9-4-8-37(55-39)45(63)54-33-25-35(26-33)60-29-52-42-43(50-28-51-44(42)60)53-32-10-12-34(13-11-32)59-23-21-58(22-24-59)27-30-16-19-57(20-17-30)18-2-1-5-31-6-3-7-36-41(31)48(66)61(47(36)65)38-14-15-40(62)56-46(38)64/h3-4,6-13,28-30,33,35,38H,1-2,5,14-27H2,(H,54,63)(H,50,51,53)(H,56,62,64). The molecule has 10 rings (SSSR count). The summed E-state index contributed by atoms with van der Waals surface area (Å²) in [6.07, 6.45) is 9.91. The number of piperazine rings is 1. The number of benzene rings is 2. The first-order valence-corrected chi connectivity index (χ1v) is 23.2. The number of fused-ring (bicyclic) bond motifs is 2. The van der Waals surface area contributed by atoms with Gasteiger partial charge in [0, 0.05) is 62.6 Å². The summed E-state index contributed by atoms with van der Waals surface area (Å²) in [6.45, 7) is 8.31. The number of hydrogen-bond donors (Lipinski definition) is 3. The second-order valence-corrected chi connectivity index (χ2v) is 18.2. The maximum atomic E-state index is 13.5. The van der Waals surface area contributed by atoms with Gasteiger partial charge in [-0.15, -0.1) is 0 Å². The highest BCUT2D eigenvalue weighted by molar-refractivity contribution is 6.24. The first-order valence-electron chi connectivity index (χ1n) is 23.2. The van der Waals surface area contributed by atoms with Crippen LogP contribution in [-0.4, -0.2) is 133 Å². The molecular weight excluding hydrogens is 844 g/mol. The lowest BCUT2D eigenvalue weighted by atomic mass is 9.86. The van der Waals surface area contributed by atoms with Gasteiger partial charge in [0.05, 0.1) is 17.5 Å². The molecule has 3 saturated heterocycles. The number of nitrogens with one attached hydrogen (secondary N) is 3. The van der Waals surface area contributed by atoms with E-state index in [1.807, 2.05) is 16.7 Å². The van der Waals surface area contributed by atoms with Crippen LogP contribution in [0, 0.1) is 11.9 Å². The fourth-order valence-corrected chi connectivity index (χ4v) is 10.2. The summed E-state index contributed by atoms with van der Waals surface area (Å²) in [5.41, 5.74) is 5.14. The molecule has 1 aliphatic carbocycles. The molecule has 1 atom stereocenters. The van der Waals surface area contributed by atoms with Crippen molar-refractivity contribution < 1.29 is 28.4 Å². The average Bonchev–Trinajstić information content (AvgIpc) is 3.85. The maximum absolute atomic E-state index is 13.5. The van der Waals surface area contributed by atoms with Crippen LogP contribution in [0.3, 0.4) is 0 Å². The van der Waals surface area contributed by atoms with Crippen molar-refractivity contribution in [3.63, 3.8) is 0 Å². The molecule has 3 N–H and O–H groups in total. The van der Waals surface area contributed by atoms with Gasteiger partial charge < -0.3 is 25.0 Å². The summed E-state index contributed by atoms with van der Waals surface area (Å²) >= 11 is 0. The highest BCUT2D eigenvalue weighted by Crippen LogP contribution is 2.36. The second kappa shape index (κ2) is 18.7. The number of nitrogens with zero attached hydrogens (tertiary/aromatic N) is 9. The Morgan fingerprint density at radius 2 is 1.61 bits per heavy atom. The van der Waals surface area contributed by atoms with Crippen LogP contribution < -0.4 is 20.9 Å². The van der Waals surface area contributed by atoms with Gasteiger partial charge in [0.15, 0.2) is 17.0 Å². The van der Waals surface area contributed by atoms with Crippen molar-refractivity contribution in [2.75, 3.05) is 62.6 Å². The first-order chi connectivity index (χ1) is 32.1. The molecule has 0 spiro atoms. The number of rotatable bonds is 14. The van der Waals surface area contributed by atoms with E-state index in [1.54, 1.807) is 12.4 Å². The van der Waals surface area contributed by atoms with E-state index in [1.165, 1.54) is 43.1 Å². The van der Waals surface area contributed by atoms with E-state index in [2.05, 4.69) is 74.9 Å². The van der Waals surface area contributed by atoms with Gasteiger partial charge in [-0.2, -0.15) is 4.39 Å². The second-order valence-electron chi connectivity index (χ2n) is 18.2. The van der Waals surface area contributed by atoms with Crippen LogP contribution >= 0.6 is 0 Å². The fourth-order valence-electron chi connectivity index (χ4n) is 10.2. The Morgan fingerprint density at radius 3 is 2.38 bits per heavy atom. The molecule has 3 aromatic heterocycles. The largest absolute Gasteiger partial charge is 0.369 e. The van der Waals surface area contributed by atoms with E-state index < -0.39 is 29.7 Å². The molecule has 66 heavy (non-hydrogen) atoms. The zero-order valence-corrected chi connectivity index (χ0v) is 36.7. The van der Waals surface area contributed by atoms with Crippen molar-refractivity contribution in [1.29, 1.82) is 0 Å². The first kappa shape index (κ1) is 43.2. The van der Waals surface area contributed by atoms with Gasteiger partial charge in [0.2, 0.25) is 17.8 Å². The minimum atomic E-state index is -0.955. The number of anilines is 3. The number of halogens is 1. The lowest BCUT2D eigenvalue weighted by Crippen LogP contribution is -2.54. The lowest BCUT2D eigenvalue weighted by Gasteiger charge is -2.39. The zero-order chi connectivity index (χ0) is 45.3. The quantitative estimate of drug-likeness (QED) is 0.0804. The highest BCUT2D eigenvalue weighted by Gasteiger charge is 2.45. The van der Waals surface area contributed by atoms with E-state index >= 15 is 0 Å². The molecule has 1 unspecified atom stereocenters. The van der Waals surface area contributed by atoms with Crippen molar-refractivity contribution in [1.82, 2.24) is 49.8 Å². The molecule has 5 aliphatic rings. The molecule has 0 radical (unpaired) electrons. The highest BCUT2D eigenvalue weighted by atomic mass is 19.1. The topological polar surface area (TPSA) is 191 Å². The van der Waals surface area contributed by atoms with Crippen molar-refractivity contribution in [2.45, 2.75) is 75.9 Å². The Hall–Kier alpha value is -6.66. The number of aromatic nitrogens is 5. The molecular formula is C48H53FN12O5. The van der Waals surface area contributed by atoms with Crippen molar-refractivity contribution in [3.8, 4) is 0 Å². The van der Waals surface area contributed by atoms with Crippen molar-refractivity contribution in [3.05, 3.63) is 102 Å². The molecule has 0 bridgehead atoms. The van der Waals surface area contributed by atoms with E-state index in [0.29, 0.717) is 47.6 Å². The fraction of sp³-hybridized carbons (Fsp3) is 0.438. The number of pyridine rings is 1. The maximum Gasteiger partial charge on any atom is 0.270 e. The summed E-state index contributed by atoms with van der Waals surface area (Å²) < 4.78 is 15.5. The molecule has 5 aromatic rings. The average molecular weight is 897 g/mol. The number of aryl methyl sites for hydroxylation is 1. The van der Waals surface area contributed by atoms with Gasteiger partial charge >= 0.3 is 0 Å². The predicted molar refractivity (Wildman–Crippen MR) is 243 cm³/mol. The Kier molecular flexibility index (Phi) is 12.2. The molecule has 4 aliphatic heterocycles. The molecule has 5 amide bonds. The number of amides is 5. The van der Waals surface area contributed by atoms with Crippen molar-refractivity contribution in [2.24, 2.45) is 5.92 Å². The number of carbonyl (C=O) groups is 5. The third-order valence-electron chi connectivity index (χ3n) is 14.0. The summed E-state index contributed by atoms with van der Waals surface area (Å²) in [4.78, 5) is 89.3. The van der Waals surface area contributed by atoms with Crippen LogP contribution in [0.1, 0.15) is 94.2 Å². The Bertz CT molecular complexity index is 2650. The number of carbonyl (C=O) groups excluding carboxylic acids is 5. The van der Waals surface area contributed by atoms with E-state index in [0.717, 1.165) is 87.0 Å². The van der Waals surface area contributed by atoms with Gasteiger partial charge in [0.1, 0.15) is 18.1 Å². The lowest BCUT2D eigenvalue weighted by molar-refractivity contribution is -0.136. The smallest absolute Gasteiger partial charge is 0.270 e. The van der Waals surface area contributed by atoms with Crippen LogP contribution in [0.4, 0.5) is 21.6 Å². The summed E-state index contributed by atoms with van der Waals surface area (Å²) in [5, 5.41) is 8.63. The monoisotopic (exact) mass is 896 g/mol.